The van der Waals surface area contributed by atoms with Crippen LogP contribution in [0.5, 0.6) is 0 Å². The summed E-state index contributed by atoms with van der Waals surface area (Å²) in [5.41, 5.74) is 3.20. The number of methoxy groups -OCH3 is 1. The molecule has 3 nitrogen and oxygen atoms in total. The summed E-state index contributed by atoms with van der Waals surface area (Å²) in [5.74, 6) is 0. The lowest BCUT2D eigenvalue weighted by molar-refractivity contribution is 0.113. The van der Waals surface area contributed by atoms with Gasteiger partial charge >= 0.3 is 0 Å². The van der Waals surface area contributed by atoms with Gasteiger partial charge in [-0.25, -0.2) is 4.68 Å². The largest absolute Gasteiger partial charge is 0.375 e. The molecule has 0 saturated carbocycles. The average Bonchev–Trinajstić information content (AvgIpc) is 2.77. The summed E-state index contributed by atoms with van der Waals surface area (Å²) < 4.78 is 7.18. The zero-order valence-electron chi connectivity index (χ0n) is 9.77. The first-order chi connectivity index (χ1) is 7.74. The van der Waals surface area contributed by atoms with Crippen molar-refractivity contribution in [1.29, 1.82) is 0 Å². The molecule has 1 unspecified atom stereocenters. The maximum atomic E-state index is 5.30. The second kappa shape index (κ2) is 4.49. The van der Waals surface area contributed by atoms with E-state index in [0.29, 0.717) is 0 Å². The van der Waals surface area contributed by atoms with Gasteiger partial charge in [-0.15, -0.1) is 0 Å². The molecule has 0 aliphatic rings. The van der Waals surface area contributed by atoms with Gasteiger partial charge in [-0.2, -0.15) is 5.10 Å². The van der Waals surface area contributed by atoms with Crippen molar-refractivity contribution in [1.82, 2.24) is 9.78 Å². The van der Waals surface area contributed by atoms with Crippen molar-refractivity contribution in [2.45, 2.75) is 20.0 Å². The molecule has 1 atom stereocenters. The molecule has 0 bridgehead atoms. The zero-order valence-corrected chi connectivity index (χ0v) is 9.77. The second-order valence-electron chi connectivity index (χ2n) is 3.75. The topological polar surface area (TPSA) is 27.1 Å². The van der Waals surface area contributed by atoms with E-state index in [4.69, 9.17) is 4.74 Å². The standard InChI is InChI=1S/C13H15N2O/c1-10-6-4-5-7-12(10)15-13(8-9-14-15)11(2)16-3/h4-7,9,11H,1-3H3. The molecule has 0 fully saturated rings. The summed E-state index contributed by atoms with van der Waals surface area (Å²) in [6.45, 7) is 4.06. The van der Waals surface area contributed by atoms with E-state index in [9.17, 15) is 0 Å². The predicted molar refractivity (Wildman–Crippen MR) is 62.6 cm³/mol. The van der Waals surface area contributed by atoms with Crippen LogP contribution in [-0.2, 0) is 4.74 Å². The quantitative estimate of drug-likeness (QED) is 0.787. The number of hydrogen-bond acceptors (Lipinski definition) is 2. The fraction of sp³-hybridized carbons (Fsp3) is 0.308. The molecule has 1 aromatic heterocycles. The Kier molecular flexibility index (Phi) is 3.06. The average molecular weight is 215 g/mol. The second-order valence-corrected chi connectivity index (χ2v) is 3.75. The molecule has 0 N–H and O–H groups in total. The molecule has 0 amide bonds. The Morgan fingerprint density at radius 1 is 1.38 bits per heavy atom. The van der Waals surface area contributed by atoms with Gasteiger partial charge in [-0.3, -0.25) is 0 Å². The van der Waals surface area contributed by atoms with E-state index in [1.54, 1.807) is 13.3 Å². The van der Waals surface area contributed by atoms with Gasteiger partial charge in [0.25, 0.3) is 0 Å². The highest BCUT2D eigenvalue weighted by Gasteiger charge is 2.12. The molecule has 1 radical (unpaired) electrons. The van der Waals surface area contributed by atoms with Gasteiger partial charge in [0.15, 0.2) is 0 Å². The van der Waals surface area contributed by atoms with E-state index >= 15 is 0 Å². The van der Waals surface area contributed by atoms with Crippen LogP contribution in [-0.4, -0.2) is 16.9 Å². The van der Waals surface area contributed by atoms with Crippen molar-refractivity contribution >= 4 is 0 Å². The van der Waals surface area contributed by atoms with Crippen LogP contribution < -0.4 is 0 Å². The minimum absolute atomic E-state index is 0.0119. The van der Waals surface area contributed by atoms with Crippen molar-refractivity contribution in [3.05, 3.63) is 47.8 Å². The van der Waals surface area contributed by atoms with Gasteiger partial charge in [-0.1, -0.05) is 18.2 Å². The number of aromatic nitrogens is 2. The van der Waals surface area contributed by atoms with E-state index in [2.05, 4.69) is 24.2 Å². The molecule has 3 heteroatoms. The highest BCUT2D eigenvalue weighted by molar-refractivity contribution is 5.40. The van der Waals surface area contributed by atoms with Crippen LogP contribution in [0.15, 0.2) is 30.5 Å². The number of rotatable bonds is 3. The van der Waals surface area contributed by atoms with Crippen LogP contribution in [0.1, 0.15) is 24.3 Å². The Hall–Kier alpha value is -1.61. The summed E-state index contributed by atoms with van der Waals surface area (Å²) in [4.78, 5) is 0. The van der Waals surface area contributed by atoms with Crippen molar-refractivity contribution < 1.29 is 4.74 Å². The number of aryl methyl sites for hydroxylation is 1. The first-order valence-corrected chi connectivity index (χ1v) is 5.28. The summed E-state index contributed by atoms with van der Waals surface area (Å²) in [6, 6.07) is 11.2. The molecule has 0 spiro atoms. The molecule has 0 saturated heterocycles. The number of nitrogens with zero attached hydrogens (tertiary/aromatic N) is 2. The lowest BCUT2D eigenvalue weighted by Gasteiger charge is -2.13. The van der Waals surface area contributed by atoms with Gasteiger partial charge in [0, 0.05) is 13.2 Å². The summed E-state index contributed by atoms with van der Waals surface area (Å²) >= 11 is 0. The maximum Gasteiger partial charge on any atom is 0.0970 e. The minimum atomic E-state index is -0.0119. The van der Waals surface area contributed by atoms with E-state index < -0.39 is 0 Å². The van der Waals surface area contributed by atoms with Crippen LogP contribution in [0.2, 0.25) is 0 Å². The first-order valence-electron chi connectivity index (χ1n) is 5.28. The third-order valence-corrected chi connectivity index (χ3v) is 2.70. The lowest BCUT2D eigenvalue weighted by Crippen LogP contribution is -2.08. The third-order valence-electron chi connectivity index (χ3n) is 2.70. The molecule has 1 heterocycles. The van der Waals surface area contributed by atoms with E-state index in [0.717, 1.165) is 11.4 Å². The highest BCUT2D eigenvalue weighted by Crippen LogP contribution is 2.20. The summed E-state index contributed by atoms with van der Waals surface area (Å²) in [7, 11) is 1.69. The number of para-hydroxylation sites is 1. The molecule has 2 rings (SSSR count). The summed E-state index contributed by atoms with van der Waals surface area (Å²) in [5, 5.41) is 4.30. The Morgan fingerprint density at radius 3 is 2.81 bits per heavy atom. The molecular formula is C13H15N2O. The number of hydrogen-bond donors (Lipinski definition) is 0. The zero-order chi connectivity index (χ0) is 11.5. The molecule has 0 aliphatic heterocycles. The molecule has 2 aromatic rings. The SMILES string of the molecule is COC(C)c1[c]cnn1-c1ccccc1C. The normalized spacial score (nSPS) is 12.7. The van der Waals surface area contributed by atoms with Crippen LogP contribution in [0, 0.1) is 13.0 Å². The van der Waals surface area contributed by atoms with Gasteiger partial charge < -0.3 is 4.74 Å². The minimum Gasteiger partial charge on any atom is -0.375 e. The van der Waals surface area contributed by atoms with Crippen LogP contribution in [0.4, 0.5) is 0 Å². The van der Waals surface area contributed by atoms with Gasteiger partial charge in [0.05, 0.1) is 23.7 Å². The highest BCUT2D eigenvalue weighted by atomic mass is 16.5. The van der Waals surface area contributed by atoms with Crippen molar-refractivity contribution in [2.75, 3.05) is 7.11 Å². The number of ether oxygens (including phenoxy) is 1. The fourth-order valence-electron chi connectivity index (χ4n) is 1.67. The van der Waals surface area contributed by atoms with Crippen molar-refractivity contribution in [2.24, 2.45) is 0 Å². The predicted octanol–water partition coefficient (Wildman–Crippen LogP) is 2.69. The molecule has 16 heavy (non-hydrogen) atoms. The Labute approximate surface area is 95.7 Å². The van der Waals surface area contributed by atoms with Crippen LogP contribution in [0.3, 0.4) is 0 Å². The molecule has 0 aliphatic carbocycles. The summed E-state index contributed by atoms with van der Waals surface area (Å²) in [6.07, 6.45) is 1.67. The van der Waals surface area contributed by atoms with Gasteiger partial charge in [-0.05, 0) is 25.5 Å². The fourth-order valence-corrected chi connectivity index (χ4v) is 1.67. The Morgan fingerprint density at radius 2 is 2.12 bits per heavy atom. The van der Waals surface area contributed by atoms with Crippen LogP contribution >= 0.6 is 0 Å². The van der Waals surface area contributed by atoms with Crippen LogP contribution in [0.25, 0.3) is 5.69 Å². The van der Waals surface area contributed by atoms with E-state index in [1.807, 2.05) is 29.8 Å². The lowest BCUT2D eigenvalue weighted by atomic mass is 10.2. The van der Waals surface area contributed by atoms with Gasteiger partial charge in [0.1, 0.15) is 0 Å². The smallest absolute Gasteiger partial charge is 0.0970 e. The Balaban J connectivity index is 2.49. The first kappa shape index (κ1) is 10.9. The monoisotopic (exact) mass is 215 g/mol. The Bertz CT molecular complexity index is 476. The number of benzene rings is 1. The third kappa shape index (κ3) is 1.86. The van der Waals surface area contributed by atoms with Crippen molar-refractivity contribution in [3.63, 3.8) is 0 Å². The van der Waals surface area contributed by atoms with E-state index in [-0.39, 0.29) is 6.10 Å². The molecule has 1 aromatic carbocycles. The van der Waals surface area contributed by atoms with Crippen molar-refractivity contribution in [3.8, 4) is 5.69 Å². The van der Waals surface area contributed by atoms with Gasteiger partial charge in [0.2, 0.25) is 0 Å². The van der Waals surface area contributed by atoms with E-state index in [1.165, 1.54) is 5.56 Å². The maximum absolute atomic E-state index is 5.30. The molecule has 83 valence electrons. The molecular weight excluding hydrogens is 200 g/mol.